The van der Waals surface area contributed by atoms with Gasteiger partial charge in [-0.15, -0.1) is 0 Å². The van der Waals surface area contributed by atoms with Crippen LogP contribution in [0.2, 0.25) is 0 Å². The summed E-state index contributed by atoms with van der Waals surface area (Å²) in [6, 6.07) is 8.52. The fourth-order valence-corrected chi connectivity index (χ4v) is 2.28. The third-order valence-corrected chi connectivity index (χ3v) is 3.65. The number of aryl methyl sites for hydroxylation is 1. The molecule has 0 saturated heterocycles. The number of ether oxygens (including phenoxy) is 1. The minimum atomic E-state index is -0.0648. The first-order valence-electron chi connectivity index (χ1n) is 7.37. The van der Waals surface area contributed by atoms with E-state index in [-0.39, 0.29) is 11.3 Å². The second kappa shape index (κ2) is 8.15. The number of nitrogens with zero attached hydrogens (tertiary/aromatic N) is 1. The number of amides is 1. The number of benzene rings is 1. The van der Waals surface area contributed by atoms with Crippen molar-refractivity contribution in [2.75, 3.05) is 40.4 Å². The van der Waals surface area contributed by atoms with Crippen molar-refractivity contribution in [1.29, 1.82) is 0 Å². The minimum Gasteiger partial charge on any atom is -0.383 e. The Morgan fingerprint density at radius 2 is 1.90 bits per heavy atom. The van der Waals surface area contributed by atoms with Gasteiger partial charge in [0.05, 0.1) is 13.2 Å². The number of likely N-dealkylation sites (N-methyl/N-ethyl adjacent to an activating group) is 1. The molecule has 0 aliphatic heterocycles. The normalized spacial score (nSPS) is 11.5. The van der Waals surface area contributed by atoms with Crippen molar-refractivity contribution in [2.24, 2.45) is 0 Å². The smallest absolute Gasteiger partial charge is 0.236 e. The molecule has 118 valence electrons. The molecule has 0 bridgehead atoms. The molecule has 1 N–H and O–H groups in total. The summed E-state index contributed by atoms with van der Waals surface area (Å²) in [6.07, 6.45) is 0. The van der Waals surface area contributed by atoms with E-state index in [0.29, 0.717) is 26.2 Å². The lowest BCUT2D eigenvalue weighted by atomic mass is 9.84. The van der Waals surface area contributed by atoms with Crippen molar-refractivity contribution in [1.82, 2.24) is 10.2 Å². The maximum atomic E-state index is 12.1. The molecule has 21 heavy (non-hydrogen) atoms. The van der Waals surface area contributed by atoms with Gasteiger partial charge in [-0.2, -0.15) is 0 Å². The molecule has 0 atom stereocenters. The Kier molecular flexibility index (Phi) is 6.85. The third-order valence-electron chi connectivity index (χ3n) is 3.65. The zero-order chi connectivity index (χ0) is 15.9. The Bertz CT molecular complexity index is 441. The van der Waals surface area contributed by atoms with Crippen molar-refractivity contribution in [3.63, 3.8) is 0 Å². The second-order valence-corrected chi connectivity index (χ2v) is 6.17. The van der Waals surface area contributed by atoms with E-state index in [1.807, 2.05) is 7.05 Å². The van der Waals surface area contributed by atoms with Gasteiger partial charge >= 0.3 is 0 Å². The molecule has 0 saturated carbocycles. The SMILES string of the molecule is COCCNCC(=O)N(C)CC(C)(C)c1ccc(C)cc1. The van der Waals surface area contributed by atoms with Gasteiger partial charge < -0.3 is 15.0 Å². The van der Waals surface area contributed by atoms with Crippen molar-refractivity contribution >= 4 is 5.91 Å². The quantitative estimate of drug-likeness (QED) is 0.745. The van der Waals surface area contributed by atoms with Gasteiger partial charge in [-0.3, -0.25) is 4.79 Å². The number of hydrogen-bond acceptors (Lipinski definition) is 3. The molecule has 0 radical (unpaired) electrons. The maximum Gasteiger partial charge on any atom is 0.236 e. The molecule has 1 rings (SSSR count). The van der Waals surface area contributed by atoms with E-state index < -0.39 is 0 Å². The first-order chi connectivity index (χ1) is 9.86. The molecule has 1 aromatic carbocycles. The van der Waals surface area contributed by atoms with Crippen molar-refractivity contribution in [3.8, 4) is 0 Å². The maximum absolute atomic E-state index is 12.1. The molecule has 0 heterocycles. The summed E-state index contributed by atoms with van der Waals surface area (Å²) in [5.74, 6) is 0.103. The topological polar surface area (TPSA) is 41.6 Å². The van der Waals surface area contributed by atoms with Crippen molar-refractivity contribution in [3.05, 3.63) is 35.4 Å². The first kappa shape index (κ1) is 17.7. The Balaban J connectivity index is 2.53. The van der Waals surface area contributed by atoms with Gasteiger partial charge in [0.25, 0.3) is 0 Å². The summed E-state index contributed by atoms with van der Waals surface area (Å²) >= 11 is 0. The van der Waals surface area contributed by atoms with Crippen LogP contribution in [0.5, 0.6) is 0 Å². The molecule has 0 aliphatic carbocycles. The Morgan fingerprint density at radius 1 is 1.29 bits per heavy atom. The number of rotatable bonds is 8. The lowest BCUT2D eigenvalue weighted by Crippen LogP contribution is -2.42. The summed E-state index contributed by atoms with van der Waals surface area (Å²) < 4.78 is 4.94. The zero-order valence-corrected chi connectivity index (χ0v) is 13.9. The minimum absolute atomic E-state index is 0.0648. The molecule has 0 unspecified atom stereocenters. The van der Waals surface area contributed by atoms with Gasteiger partial charge in [-0.25, -0.2) is 0 Å². The van der Waals surface area contributed by atoms with Gasteiger partial charge in [0, 0.05) is 32.7 Å². The fourth-order valence-electron chi connectivity index (χ4n) is 2.28. The molecule has 0 aromatic heterocycles. The molecule has 1 amide bonds. The van der Waals surface area contributed by atoms with Crippen LogP contribution in [0.4, 0.5) is 0 Å². The van der Waals surface area contributed by atoms with Gasteiger partial charge in [0.2, 0.25) is 5.91 Å². The summed E-state index contributed by atoms with van der Waals surface area (Å²) in [5, 5.41) is 3.08. The van der Waals surface area contributed by atoms with Gasteiger partial charge in [0.15, 0.2) is 0 Å². The van der Waals surface area contributed by atoms with Crippen molar-refractivity contribution in [2.45, 2.75) is 26.2 Å². The summed E-state index contributed by atoms with van der Waals surface area (Å²) in [4.78, 5) is 13.9. The fraction of sp³-hybridized carbons (Fsp3) is 0.588. The largest absolute Gasteiger partial charge is 0.383 e. The molecule has 0 spiro atoms. The summed E-state index contributed by atoms with van der Waals surface area (Å²) in [7, 11) is 3.51. The predicted octanol–water partition coefficient (Wildman–Crippen LogP) is 1.97. The molecule has 1 aromatic rings. The van der Waals surface area contributed by atoms with E-state index in [2.05, 4.69) is 50.4 Å². The summed E-state index contributed by atoms with van der Waals surface area (Å²) in [5.41, 5.74) is 2.44. The number of carbonyl (C=O) groups is 1. The van der Waals surface area contributed by atoms with E-state index in [9.17, 15) is 4.79 Å². The average molecular weight is 292 g/mol. The standard InChI is InChI=1S/C17H28N2O2/c1-14-6-8-15(9-7-14)17(2,3)13-19(4)16(20)12-18-10-11-21-5/h6-9,18H,10-13H2,1-5H3. The van der Waals surface area contributed by atoms with Crippen LogP contribution in [0.3, 0.4) is 0 Å². The van der Waals surface area contributed by atoms with Gasteiger partial charge in [0.1, 0.15) is 0 Å². The molecular formula is C17H28N2O2. The van der Waals surface area contributed by atoms with Crippen LogP contribution in [0.25, 0.3) is 0 Å². The van der Waals surface area contributed by atoms with Gasteiger partial charge in [-0.05, 0) is 12.5 Å². The number of methoxy groups -OCH3 is 1. The van der Waals surface area contributed by atoms with Crippen LogP contribution in [-0.4, -0.2) is 51.2 Å². The Labute approximate surface area is 128 Å². The van der Waals surface area contributed by atoms with Crippen LogP contribution in [-0.2, 0) is 14.9 Å². The molecule has 4 nitrogen and oxygen atoms in total. The lowest BCUT2D eigenvalue weighted by Gasteiger charge is -2.31. The van der Waals surface area contributed by atoms with Crippen LogP contribution >= 0.6 is 0 Å². The van der Waals surface area contributed by atoms with E-state index in [1.165, 1.54) is 11.1 Å². The number of carbonyl (C=O) groups excluding carboxylic acids is 1. The van der Waals surface area contributed by atoms with Crippen LogP contribution in [0.1, 0.15) is 25.0 Å². The predicted molar refractivity (Wildman–Crippen MR) is 86.6 cm³/mol. The van der Waals surface area contributed by atoms with E-state index >= 15 is 0 Å². The van der Waals surface area contributed by atoms with E-state index in [4.69, 9.17) is 4.74 Å². The highest BCUT2D eigenvalue weighted by Crippen LogP contribution is 2.24. The van der Waals surface area contributed by atoms with Gasteiger partial charge in [-0.1, -0.05) is 43.7 Å². The molecule has 4 heteroatoms. The number of hydrogen-bond donors (Lipinski definition) is 1. The molecule has 0 fully saturated rings. The van der Waals surface area contributed by atoms with Crippen LogP contribution in [0, 0.1) is 6.92 Å². The summed E-state index contributed by atoms with van der Waals surface area (Å²) in [6.45, 7) is 8.77. The average Bonchev–Trinajstić information content (AvgIpc) is 2.43. The first-order valence-corrected chi connectivity index (χ1v) is 7.37. The monoisotopic (exact) mass is 292 g/mol. The number of nitrogens with one attached hydrogen (secondary N) is 1. The highest BCUT2D eigenvalue weighted by atomic mass is 16.5. The van der Waals surface area contributed by atoms with Crippen molar-refractivity contribution < 1.29 is 9.53 Å². The Morgan fingerprint density at radius 3 is 2.48 bits per heavy atom. The highest BCUT2D eigenvalue weighted by molar-refractivity contribution is 5.78. The van der Waals surface area contributed by atoms with E-state index in [1.54, 1.807) is 12.0 Å². The van der Waals surface area contributed by atoms with Crippen LogP contribution in [0.15, 0.2) is 24.3 Å². The lowest BCUT2D eigenvalue weighted by molar-refractivity contribution is -0.129. The zero-order valence-electron chi connectivity index (χ0n) is 13.9. The molecule has 0 aliphatic rings. The third kappa shape index (κ3) is 5.86. The van der Waals surface area contributed by atoms with Crippen LogP contribution < -0.4 is 5.32 Å². The highest BCUT2D eigenvalue weighted by Gasteiger charge is 2.24. The molecular weight excluding hydrogens is 264 g/mol. The Hall–Kier alpha value is -1.39. The van der Waals surface area contributed by atoms with E-state index in [0.717, 1.165) is 0 Å². The second-order valence-electron chi connectivity index (χ2n) is 6.17.